The average molecular weight is 345 g/mol. The lowest BCUT2D eigenvalue weighted by Crippen LogP contribution is -2.10. The second-order valence-electron chi connectivity index (χ2n) is 6.20. The van der Waals surface area contributed by atoms with Gasteiger partial charge in [0.15, 0.2) is 0 Å². The SMILES string of the molecule is COC(=O)c1c(N=[N+]=[N-])cc(-c2ccc(C(C)(C)C)cc2)nc1Cl. The zero-order chi connectivity index (χ0) is 17.9. The molecule has 2 rings (SSSR count). The number of carbonyl (C=O) groups excluding carboxylic acids is 1. The molecule has 6 nitrogen and oxygen atoms in total. The second-order valence-corrected chi connectivity index (χ2v) is 6.56. The van der Waals surface area contributed by atoms with Crippen LogP contribution < -0.4 is 0 Å². The van der Waals surface area contributed by atoms with Crippen molar-refractivity contribution in [3.63, 3.8) is 0 Å². The molecule has 0 aliphatic heterocycles. The third kappa shape index (κ3) is 3.67. The number of esters is 1. The molecule has 0 fully saturated rings. The van der Waals surface area contributed by atoms with Crippen LogP contribution in [0.4, 0.5) is 5.69 Å². The number of aromatic nitrogens is 1. The van der Waals surface area contributed by atoms with Gasteiger partial charge in [-0.3, -0.25) is 0 Å². The quantitative estimate of drug-likeness (QED) is 0.244. The van der Waals surface area contributed by atoms with Crippen molar-refractivity contribution in [2.24, 2.45) is 5.11 Å². The summed E-state index contributed by atoms with van der Waals surface area (Å²) in [5.41, 5.74) is 11.3. The van der Waals surface area contributed by atoms with Crippen LogP contribution in [0.25, 0.3) is 21.7 Å². The standard InChI is InChI=1S/C17H17ClN4O2/c1-17(2,3)11-7-5-10(6-8-11)12-9-13(21-22-19)14(15(18)20-12)16(23)24-4/h5-9H,1-4H3. The van der Waals surface area contributed by atoms with Crippen LogP contribution in [0.2, 0.25) is 5.15 Å². The Morgan fingerprint density at radius 2 is 1.92 bits per heavy atom. The Balaban J connectivity index is 2.56. The summed E-state index contributed by atoms with van der Waals surface area (Å²) in [6, 6.07) is 9.36. The van der Waals surface area contributed by atoms with Gasteiger partial charge in [-0.25, -0.2) is 9.78 Å². The molecule has 0 radical (unpaired) electrons. The smallest absolute Gasteiger partial charge is 0.341 e. The molecule has 0 amide bonds. The van der Waals surface area contributed by atoms with Crippen molar-refractivity contribution in [3.05, 3.63) is 57.1 Å². The van der Waals surface area contributed by atoms with Crippen molar-refractivity contribution in [1.29, 1.82) is 0 Å². The van der Waals surface area contributed by atoms with Crippen LogP contribution in [0.5, 0.6) is 0 Å². The fourth-order valence-electron chi connectivity index (χ4n) is 2.21. The lowest BCUT2D eigenvalue weighted by molar-refractivity contribution is 0.0601. The molecule has 0 saturated heterocycles. The van der Waals surface area contributed by atoms with Gasteiger partial charge in [0.1, 0.15) is 10.7 Å². The van der Waals surface area contributed by atoms with E-state index in [0.29, 0.717) is 5.69 Å². The molecule has 0 unspecified atom stereocenters. The van der Waals surface area contributed by atoms with E-state index < -0.39 is 5.97 Å². The number of ether oxygens (including phenoxy) is 1. The maximum absolute atomic E-state index is 11.8. The van der Waals surface area contributed by atoms with E-state index in [9.17, 15) is 4.79 Å². The first-order valence-corrected chi connectivity index (χ1v) is 7.60. The number of rotatable bonds is 3. The van der Waals surface area contributed by atoms with Crippen molar-refractivity contribution >= 4 is 23.3 Å². The van der Waals surface area contributed by atoms with Crippen LogP contribution in [-0.2, 0) is 10.2 Å². The molecule has 1 aromatic carbocycles. The minimum atomic E-state index is -0.704. The van der Waals surface area contributed by atoms with E-state index in [2.05, 4.69) is 40.5 Å². The van der Waals surface area contributed by atoms with Crippen LogP contribution in [0.1, 0.15) is 36.7 Å². The number of carbonyl (C=O) groups is 1. The van der Waals surface area contributed by atoms with E-state index in [-0.39, 0.29) is 21.8 Å². The van der Waals surface area contributed by atoms with Gasteiger partial charge in [0.2, 0.25) is 0 Å². The number of methoxy groups -OCH3 is 1. The van der Waals surface area contributed by atoms with Gasteiger partial charge in [0.05, 0.1) is 18.5 Å². The first kappa shape index (κ1) is 17.8. The van der Waals surface area contributed by atoms with Crippen LogP contribution in [0.3, 0.4) is 0 Å². The highest BCUT2D eigenvalue weighted by molar-refractivity contribution is 6.33. The molecule has 1 heterocycles. The predicted molar refractivity (Wildman–Crippen MR) is 93.5 cm³/mol. The minimum Gasteiger partial charge on any atom is -0.465 e. The number of pyridine rings is 1. The number of azide groups is 1. The van der Waals surface area contributed by atoms with Gasteiger partial charge in [0, 0.05) is 10.5 Å². The summed E-state index contributed by atoms with van der Waals surface area (Å²) in [4.78, 5) is 18.8. The highest BCUT2D eigenvalue weighted by atomic mass is 35.5. The molecular formula is C17H17ClN4O2. The zero-order valence-electron chi connectivity index (χ0n) is 13.9. The first-order valence-electron chi connectivity index (χ1n) is 7.23. The minimum absolute atomic E-state index is 0.0363. The van der Waals surface area contributed by atoms with Crippen molar-refractivity contribution in [1.82, 2.24) is 4.98 Å². The summed E-state index contributed by atoms with van der Waals surface area (Å²) in [6.07, 6.45) is 0. The van der Waals surface area contributed by atoms with Gasteiger partial charge in [-0.05, 0) is 22.6 Å². The largest absolute Gasteiger partial charge is 0.465 e. The molecule has 124 valence electrons. The average Bonchev–Trinajstić information content (AvgIpc) is 2.53. The molecule has 0 N–H and O–H groups in total. The fourth-order valence-corrected chi connectivity index (χ4v) is 2.47. The summed E-state index contributed by atoms with van der Waals surface area (Å²) in [5, 5.41) is 3.47. The van der Waals surface area contributed by atoms with E-state index >= 15 is 0 Å². The lowest BCUT2D eigenvalue weighted by Gasteiger charge is -2.19. The van der Waals surface area contributed by atoms with Gasteiger partial charge in [0.25, 0.3) is 0 Å². The maximum Gasteiger partial charge on any atom is 0.341 e. The molecule has 0 saturated carbocycles. The van der Waals surface area contributed by atoms with Crippen LogP contribution in [0.15, 0.2) is 35.4 Å². The Morgan fingerprint density at radius 1 is 1.29 bits per heavy atom. The highest BCUT2D eigenvalue weighted by Gasteiger charge is 2.19. The first-order chi connectivity index (χ1) is 11.3. The highest BCUT2D eigenvalue weighted by Crippen LogP contribution is 2.32. The van der Waals surface area contributed by atoms with Gasteiger partial charge in [-0.1, -0.05) is 61.8 Å². The van der Waals surface area contributed by atoms with E-state index in [1.165, 1.54) is 18.7 Å². The zero-order valence-corrected chi connectivity index (χ0v) is 14.6. The maximum atomic E-state index is 11.8. The lowest BCUT2D eigenvalue weighted by atomic mass is 9.86. The monoisotopic (exact) mass is 344 g/mol. The number of nitrogens with zero attached hydrogens (tertiary/aromatic N) is 4. The van der Waals surface area contributed by atoms with Gasteiger partial charge in [-0.15, -0.1) is 0 Å². The molecule has 2 aromatic rings. The van der Waals surface area contributed by atoms with Gasteiger partial charge < -0.3 is 4.74 Å². The summed E-state index contributed by atoms with van der Waals surface area (Å²) < 4.78 is 4.66. The topological polar surface area (TPSA) is 88.0 Å². The molecule has 0 aliphatic rings. The predicted octanol–water partition coefficient (Wildman–Crippen LogP) is 5.43. The third-order valence-corrected chi connectivity index (χ3v) is 3.82. The summed E-state index contributed by atoms with van der Waals surface area (Å²) in [7, 11) is 1.22. The molecule has 1 aromatic heterocycles. The molecule has 7 heteroatoms. The third-order valence-electron chi connectivity index (χ3n) is 3.54. The van der Waals surface area contributed by atoms with Gasteiger partial charge in [-0.2, -0.15) is 0 Å². The fraction of sp³-hybridized carbons (Fsp3) is 0.294. The Labute approximate surface area is 145 Å². The summed E-state index contributed by atoms with van der Waals surface area (Å²) in [6.45, 7) is 6.38. The van der Waals surface area contributed by atoms with Crippen LogP contribution in [-0.4, -0.2) is 18.1 Å². The van der Waals surface area contributed by atoms with Crippen LogP contribution >= 0.6 is 11.6 Å². The van der Waals surface area contributed by atoms with E-state index in [1.54, 1.807) is 0 Å². The Kier molecular flexibility index (Phi) is 5.12. The molecule has 0 aliphatic carbocycles. The van der Waals surface area contributed by atoms with Crippen molar-refractivity contribution in [2.75, 3.05) is 7.11 Å². The van der Waals surface area contributed by atoms with Crippen LogP contribution in [0, 0.1) is 0 Å². The van der Waals surface area contributed by atoms with E-state index in [1.807, 2.05) is 24.3 Å². The van der Waals surface area contributed by atoms with E-state index in [0.717, 1.165) is 5.56 Å². The summed E-state index contributed by atoms with van der Waals surface area (Å²) in [5.74, 6) is -0.704. The molecule has 24 heavy (non-hydrogen) atoms. The van der Waals surface area contributed by atoms with Crippen molar-refractivity contribution in [2.45, 2.75) is 26.2 Å². The Morgan fingerprint density at radius 3 is 2.42 bits per heavy atom. The molecular weight excluding hydrogens is 328 g/mol. The Hall–Kier alpha value is -2.56. The normalized spacial score (nSPS) is 10.9. The van der Waals surface area contributed by atoms with Crippen molar-refractivity contribution < 1.29 is 9.53 Å². The number of hydrogen-bond donors (Lipinski definition) is 0. The molecule has 0 bridgehead atoms. The molecule has 0 atom stereocenters. The number of hydrogen-bond acceptors (Lipinski definition) is 4. The van der Waals surface area contributed by atoms with Gasteiger partial charge >= 0.3 is 5.97 Å². The molecule has 0 spiro atoms. The number of benzene rings is 1. The number of halogens is 1. The Bertz CT molecular complexity index is 820. The van der Waals surface area contributed by atoms with E-state index in [4.69, 9.17) is 17.1 Å². The summed E-state index contributed by atoms with van der Waals surface area (Å²) >= 11 is 6.10. The van der Waals surface area contributed by atoms with Crippen molar-refractivity contribution in [3.8, 4) is 11.3 Å². The second kappa shape index (κ2) is 6.91.